The number of imide groups is 2. The van der Waals surface area contributed by atoms with Gasteiger partial charge >= 0.3 is 0 Å². The van der Waals surface area contributed by atoms with Gasteiger partial charge in [-0.1, -0.05) is 24.6 Å². The van der Waals surface area contributed by atoms with Crippen LogP contribution in [0.1, 0.15) is 109 Å². The maximum Gasteiger partial charge on any atom is 0.264 e. The van der Waals surface area contributed by atoms with Gasteiger partial charge in [-0.15, -0.1) is 0 Å². The SMILES string of the molecule is Cc1cnc(Nc2ccc(C3CCN(CCCCCNc4cccc5c4C(=O)N(C4CCC(=O)NC4=O)C5=O)CC3)c(F)c2)nc1Nc1ccc2c(c1)N(S(=O)(=O)C(C)(C)C)CC2. The molecule has 15 nitrogen and oxygen atoms in total. The molecule has 0 saturated carbocycles. The number of benzene rings is 3. The number of aryl methyl sites for hydroxylation is 1. The van der Waals surface area contributed by atoms with Gasteiger partial charge in [0.25, 0.3) is 11.8 Å². The minimum Gasteiger partial charge on any atom is -0.384 e. The van der Waals surface area contributed by atoms with Gasteiger partial charge in [0.15, 0.2) is 0 Å². The number of unbranched alkanes of at least 4 members (excludes halogenated alkanes) is 2. The fourth-order valence-corrected chi connectivity index (χ4v) is 10.3. The summed E-state index contributed by atoms with van der Waals surface area (Å²) in [5.74, 6) is -1.41. The molecule has 0 aliphatic carbocycles. The van der Waals surface area contributed by atoms with Crippen LogP contribution in [0.3, 0.4) is 0 Å². The summed E-state index contributed by atoms with van der Waals surface area (Å²) in [5, 5.41) is 12.0. The van der Waals surface area contributed by atoms with E-state index >= 15 is 4.39 Å². The first-order valence-corrected chi connectivity index (χ1v) is 23.2. The third-order valence-corrected chi connectivity index (χ3v) is 15.0. The van der Waals surface area contributed by atoms with Crippen molar-refractivity contribution in [1.29, 1.82) is 0 Å². The van der Waals surface area contributed by atoms with E-state index in [0.29, 0.717) is 59.6 Å². The van der Waals surface area contributed by atoms with E-state index in [2.05, 4.69) is 36.1 Å². The van der Waals surface area contributed by atoms with Crippen LogP contribution >= 0.6 is 0 Å². The van der Waals surface area contributed by atoms with Crippen molar-refractivity contribution in [2.45, 2.75) is 95.8 Å². The number of carbonyl (C=O) groups excluding carboxylic acids is 4. The van der Waals surface area contributed by atoms with Crippen molar-refractivity contribution in [1.82, 2.24) is 25.1 Å². The molecule has 0 bridgehead atoms. The van der Waals surface area contributed by atoms with E-state index in [1.165, 1.54) is 10.4 Å². The smallest absolute Gasteiger partial charge is 0.264 e. The van der Waals surface area contributed by atoms with Crippen LogP contribution in [-0.2, 0) is 26.0 Å². The average molecular weight is 880 g/mol. The molecule has 17 heteroatoms. The highest BCUT2D eigenvalue weighted by Gasteiger charge is 2.45. The Morgan fingerprint density at radius 1 is 0.873 bits per heavy atom. The van der Waals surface area contributed by atoms with Crippen molar-refractivity contribution in [2.75, 3.05) is 53.0 Å². The predicted octanol–water partition coefficient (Wildman–Crippen LogP) is 6.77. The van der Waals surface area contributed by atoms with Gasteiger partial charge in [-0.25, -0.2) is 17.8 Å². The molecule has 1 atom stereocenters. The Morgan fingerprint density at radius 2 is 1.63 bits per heavy atom. The maximum absolute atomic E-state index is 15.6. The Labute approximate surface area is 367 Å². The first-order valence-electron chi connectivity index (χ1n) is 21.7. The fourth-order valence-electron chi connectivity index (χ4n) is 8.83. The van der Waals surface area contributed by atoms with Crippen LogP contribution in [-0.4, -0.2) is 95.3 Å². The summed E-state index contributed by atoms with van der Waals surface area (Å²) in [6.45, 7) is 10.7. The second-order valence-electron chi connectivity index (χ2n) is 17.8. The highest BCUT2D eigenvalue weighted by Crippen LogP contribution is 2.38. The average Bonchev–Trinajstić information content (AvgIpc) is 3.78. The number of halogens is 1. The summed E-state index contributed by atoms with van der Waals surface area (Å²) in [7, 11) is -3.56. The van der Waals surface area contributed by atoms with Crippen LogP contribution in [0, 0.1) is 12.7 Å². The number of sulfonamides is 1. The number of hydrogen-bond donors (Lipinski definition) is 4. The van der Waals surface area contributed by atoms with Gasteiger partial charge in [0.2, 0.25) is 27.8 Å². The van der Waals surface area contributed by atoms with Crippen LogP contribution in [0.4, 0.5) is 38.9 Å². The highest BCUT2D eigenvalue weighted by molar-refractivity contribution is 7.94. The standard InChI is InChI=1S/C46H54FN9O6S/c1-28-27-49-45(53-41(28)50-32-12-11-30-19-24-55(38(30)26-32)63(61,62)46(2,3)4)51-31-13-14-33(35(47)25-31)29-17-22-54(23-18-29)21-7-5-6-20-48-36-10-8-9-34-40(36)44(60)56(43(34)59)37-15-16-39(57)52-42(37)58/h8-14,25-27,29,37,48H,5-7,15-24H2,1-4H3,(H,52,57,58)(H2,49,50,51,53). The number of anilines is 6. The van der Waals surface area contributed by atoms with Crippen LogP contribution in [0.25, 0.3) is 0 Å². The van der Waals surface area contributed by atoms with Crippen LogP contribution in [0.2, 0.25) is 0 Å². The summed E-state index contributed by atoms with van der Waals surface area (Å²) in [4.78, 5) is 63.1. The number of hydrogen-bond acceptors (Lipinski definition) is 12. The monoisotopic (exact) mass is 879 g/mol. The molecule has 0 radical (unpaired) electrons. The molecule has 4 amide bonds. The van der Waals surface area contributed by atoms with E-state index in [-0.39, 0.29) is 35.7 Å². The second-order valence-corrected chi connectivity index (χ2v) is 20.4. The second kappa shape index (κ2) is 17.7. The van der Waals surface area contributed by atoms with Gasteiger partial charge in [-0.2, -0.15) is 4.98 Å². The molecule has 5 heterocycles. The van der Waals surface area contributed by atoms with Crippen LogP contribution in [0.15, 0.2) is 60.8 Å². The summed E-state index contributed by atoms with van der Waals surface area (Å²) in [6.07, 6.45) is 7.02. The van der Waals surface area contributed by atoms with E-state index in [1.54, 1.807) is 45.2 Å². The summed E-state index contributed by atoms with van der Waals surface area (Å²) >= 11 is 0. The number of nitrogens with zero attached hydrogens (tertiary/aromatic N) is 5. The predicted molar refractivity (Wildman–Crippen MR) is 240 cm³/mol. The number of nitrogens with one attached hydrogen (secondary N) is 4. The lowest BCUT2D eigenvalue weighted by Gasteiger charge is -2.32. The number of amides is 4. The zero-order valence-electron chi connectivity index (χ0n) is 36.1. The van der Waals surface area contributed by atoms with E-state index in [1.807, 2.05) is 37.3 Å². The lowest BCUT2D eigenvalue weighted by Crippen LogP contribution is -2.54. The molecule has 4 aliphatic rings. The molecular formula is C46H54FN9O6S. The van der Waals surface area contributed by atoms with Crippen molar-refractivity contribution in [2.24, 2.45) is 0 Å². The normalized spacial score (nSPS) is 18.4. The Morgan fingerprint density at radius 3 is 2.38 bits per heavy atom. The Hall–Kier alpha value is -5.94. The molecule has 3 aromatic carbocycles. The van der Waals surface area contributed by atoms with Gasteiger partial charge in [-0.3, -0.25) is 33.7 Å². The lowest BCUT2D eigenvalue weighted by atomic mass is 9.89. The summed E-state index contributed by atoms with van der Waals surface area (Å²) in [6, 6.07) is 15.0. The largest absolute Gasteiger partial charge is 0.384 e. The first kappa shape index (κ1) is 43.7. The van der Waals surface area contributed by atoms with Crippen LogP contribution < -0.4 is 25.6 Å². The Kier molecular flexibility index (Phi) is 12.3. The van der Waals surface area contributed by atoms with Crippen molar-refractivity contribution in [3.8, 4) is 0 Å². The van der Waals surface area contributed by atoms with E-state index < -0.39 is 44.4 Å². The topological polar surface area (TPSA) is 186 Å². The van der Waals surface area contributed by atoms with Gasteiger partial charge in [0, 0.05) is 48.3 Å². The number of aromatic nitrogens is 2. The molecule has 63 heavy (non-hydrogen) atoms. The van der Waals surface area contributed by atoms with E-state index in [0.717, 1.165) is 67.8 Å². The Balaban J connectivity index is 0.787. The number of rotatable bonds is 14. The minimum absolute atomic E-state index is 0.0711. The molecule has 2 fully saturated rings. The molecule has 4 aliphatic heterocycles. The van der Waals surface area contributed by atoms with Crippen molar-refractivity contribution in [3.63, 3.8) is 0 Å². The summed E-state index contributed by atoms with van der Waals surface area (Å²) in [5.41, 5.74) is 5.43. The molecule has 0 spiro atoms. The van der Waals surface area contributed by atoms with Gasteiger partial charge in [-0.05, 0) is 139 Å². The highest BCUT2D eigenvalue weighted by atomic mass is 32.2. The third-order valence-electron chi connectivity index (χ3n) is 12.5. The summed E-state index contributed by atoms with van der Waals surface area (Å²) < 4.78 is 42.8. The molecule has 8 rings (SSSR count). The fraction of sp³-hybridized carbons (Fsp3) is 0.435. The third kappa shape index (κ3) is 8.98. The molecule has 2 saturated heterocycles. The first-order chi connectivity index (χ1) is 30.1. The molecule has 1 unspecified atom stereocenters. The van der Waals surface area contributed by atoms with Gasteiger partial charge in [0.05, 0.1) is 21.6 Å². The molecular weight excluding hydrogens is 826 g/mol. The lowest BCUT2D eigenvalue weighted by molar-refractivity contribution is -0.136. The number of piperidine rings is 2. The maximum atomic E-state index is 15.6. The Bertz CT molecular complexity index is 2570. The number of fused-ring (bicyclic) bond motifs is 2. The van der Waals surface area contributed by atoms with Crippen LogP contribution in [0.5, 0.6) is 0 Å². The quantitative estimate of drug-likeness (QED) is 0.0772. The van der Waals surface area contributed by atoms with Crippen molar-refractivity contribution >= 4 is 68.2 Å². The minimum atomic E-state index is -3.56. The van der Waals surface area contributed by atoms with Gasteiger partial charge in [0.1, 0.15) is 17.7 Å². The van der Waals surface area contributed by atoms with Crippen molar-refractivity contribution in [3.05, 3.63) is 94.4 Å². The van der Waals surface area contributed by atoms with E-state index in [9.17, 15) is 27.6 Å². The molecule has 4 N–H and O–H groups in total. The molecule has 4 aromatic rings. The van der Waals surface area contributed by atoms with Gasteiger partial charge < -0.3 is 20.9 Å². The zero-order valence-corrected chi connectivity index (χ0v) is 36.9. The molecule has 332 valence electrons. The zero-order chi connectivity index (χ0) is 44.6. The number of likely N-dealkylation sites (tertiary alicyclic amines) is 1. The number of carbonyl (C=O) groups is 4. The van der Waals surface area contributed by atoms with Crippen molar-refractivity contribution < 1.29 is 32.0 Å². The van der Waals surface area contributed by atoms with E-state index in [4.69, 9.17) is 0 Å². The molecule has 1 aromatic heterocycles.